The molecule has 0 spiro atoms. The van der Waals surface area contributed by atoms with E-state index in [-0.39, 0.29) is 12.4 Å². The number of hydrogen-bond acceptors (Lipinski definition) is 3. The fourth-order valence-electron chi connectivity index (χ4n) is 2.81. The number of carbonyl (C=O) groups is 1. The van der Waals surface area contributed by atoms with Crippen LogP contribution in [0, 0.1) is 0 Å². The smallest absolute Gasteiger partial charge is 0.325 e. The van der Waals surface area contributed by atoms with E-state index in [1.807, 2.05) is 47.4 Å². The summed E-state index contributed by atoms with van der Waals surface area (Å²) in [6.45, 7) is 2.49. The van der Waals surface area contributed by atoms with Gasteiger partial charge in [-0.15, -0.1) is 12.4 Å². The van der Waals surface area contributed by atoms with Crippen molar-refractivity contribution >= 4 is 29.1 Å². The molecule has 2 aromatic rings. The van der Waals surface area contributed by atoms with Gasteiger partial charge in [-0.05, 0) is 16.3 Å². The van der Waals surface area contributed by atoms with E-state index in [0.29, 0.717) is 26.3 Å². The Morgan fingerprint density at radius 2 is 1.76 bits per heavy atom. The van der Waals surface area contributed by atoms with E-state index in [0.717, 1.165) is 16.3 Å². The summed E-state index contributed by atoms with van der Waals surface area (Å²) < 4.78 is 5.32. The van der Waals surface area contributed by atoms with Crippen LogP contribution in [-0.4, -0.2) is 42.3 Å². The fourth-order valence-corrected chi connectivity index (χ4v) is 2.81. The molecule has 0 aliphatic carbocycles. The van der Waals surface area contributed by atoms with Crippen molar-refractivity contribution in [3.05, 3.63) is 48.0 Å². The first-order chi connectivity index (χ1) is 9.77. The normalized spacial score (nSPS) is 17.1. The van der Waals surface area contributed by atoms with Crippen molar-refractivity contribution < 1.29 is 14.6 Å². The van der Waals surface area contributed by atoms with Crippen molar-refractivity contribution in [1.82, 2.24) is 4.90 Å². The molecule has 0 amide bonds. The maximum Gasteiger partial charge on any atom is 0.325 e. The van der Waals surface area contributed by atoms with Crippen LogP contribution in [0.25, 0.3) is 10.8 Å². The van der Waals surface area contributed by atoms with E-state index < -0.39 is 12.0 Å². The Balaban J connectivity index is 0.00000161. The zero-order chi connectivity index (χ0) is 13.9. The van der Waals surface area contributed by atoms with Crippen LogP contribution in [0.2, 0.25) is 0 Å². The first kappa shape index (κ1) is 15.8. The number of aliphatic carboxylic acids is 1. The SMILES string of the molecule is Cl.O=C(O)C(c1cccc2ccccc12)N1CCOCC1. The zero-order valence-corrected chi connectivity index (χ0v) is 12.4. The van der Waals surface area contributed by atoms with Gasteiger partial charge < -0.3 is 9.84 Å². The van der Waals surface area contributed by atoms with Crippen molar-refractivity contribution in [3.8, 4) is 0 Å². The summed E-state index contributed by atoms with van der Waals surface area (Å²) in [7, 11) is 0. The van der Waals surface area contributed by atoms with Crippen LogP contribution >= 0.6 is 12.4 Å². The molecule has 1 aliphatic heterocycles. The molecule has 1 aliphatic rings. The van der Waals surface area contributed by atoms with E-state index in [1.54, 1.807) is 0 Å². The minimum Gasteiger partial charge on any atom is -0.480 e. The number of hydrogen-bond donors (Lipinski definition) is 1. The Morgan fingerprint density at radius 3 is 2.48 bits per heavy atom. The van der Waals surface area contributed by atoms with Gasteiger partial charge in [0.05, 0.1) is 13.2 Å². The maximum absolute atomic E-state index is 11.8. The molecule has 3 rings (SSSR count). The number of benzene rings is 2. The van der Waals surface area contributed by atoms with E-state index in [4.69, 9.17) is 4.74 Å². The van der Waals surface area contributed by atoms with Gasteiger partial charge in [-0.3, -0.25) is 9.69 Å². The molecule has 0 aromatic heterocycles. The number of rotatable bonds is 3. The Bertz CT molecular complexity index is 620. The summed E-state index contributed by atoms with van der Waals surface area (Å²) in [5, 5.41) is 11.7. The Hall–Kier alpha value is -1.62. The molecule has 1 N–H and O–H groups in total. The molecule has 1 saturated heterocycles. The highest BCUT2D eigenvalue weighted by atomic mass is 35.5. The van der Waals surface area contributed by atoms with Gasteiger partial charge in [0, 0.05) is 13.1 Å². The second kappa shape index (κ2) is 6.89. The largest absolute Gasteiger partial charge is 0.480 e. The molecule has 21 heavy (non-hydrogen) atoms. The number of morpholine rings is 1. The monoisotopic (exact) mass is 307 g/mol. The third kappa shape index (κ3) is 3.18. The van der Waals surface area contributed by atoms with E-state index in [9.17, 15) is 9.90 Å². The first-order valence-electron chi connectivity index (χ1n) is 6.79. The minimum absolute atomic E-state index is 0. The topological polar surface area (TPSA) is 49.8 Å². The Labute approximate surface area is 129 Å². The molecular weight excluding hydrogens is 290 g/mol. The summed E-state index contributed by atoms with van der Waals surface area (Å²) in [5.74, 6) is -0.803. The number of carboxylic acid groups (broad SMARTS) is 1. The van der Waals surface area contributed by atoms with Crippen LogP contribution in [0.4, 0.5) is 0 Å². The van der Waals surface area contributed by atoms with Gasteiger partial charge in [0.25, 0.3) is 0 Å². The van der Waals surface area contributed by atoms with Crippen LogP contribution in [0.5, 0.6) is 0 Å². The second-order valence-electron chi connectivity index (χ2n) is 4.96. The average Bonchev–Trinajstić information content (AvgIpc) is 2.48. The molecular formula is C16H18ClNO3. The average molecular weight is 308 g/mol. The molecule has 1 heterocycles. The predicted octanol–water partition coefficient (Wildman–Crippen LogP) is 2.72. The predicted molar refractivity (Wildman–Crippen MR) is 84.0 cm³/mol. The number of halogens is 1. The van der Waals surface area contributed by atoms with Crippen LogP contribution in [0.15, 0.2) is 42.5 Å². The highest BCUT2D eigenvalue weighted by Crippen LogP contribution is 2.29. The van der Waals surface area contributed by atoms with Gasteiger partial charge >= 0.3 is 5.97 Å². The molecule has 0 radical (unpaired) electrons. The summed E-state index contributed by atoms with van der Waals surface area (Å²) >= 11 is 0. The molecule has 1 unspecified atom stereocenters. The lowest BCUT2D eigenvalue weighted by Crippen LogP contribution is -2.42. The van der Waals surface area contributed by atoms with Gasteiger partial charge in [-0.25, -0.2) is 0 Å². The molecule has 112 valence electrons. The van der Waals surface area contributed by atoms with Crippen LogP contribution < -0.4 is 0 Å². The van der Waals surface area contributed by atoms with Gasteiger partial charge in [0.1, 0.15) is 6.04 Å². The van der Waals surface area contributed by atoms with E-state index in [2.05, 4.69) is 0 Å². The zero-order valence-electron chi connectivity index (χ0n) is 11.6. The van der Waals surface area contributed by atoms with Gasteiger partial charge in [-0.1, -0.05) is 42.5 Å². The van der Waals surface area contributed by atoms with Crippen LogP contribution in [0.1, 0.15) is 11.6 Å². The summed E-state index contributed by atoms with van der Waals surface area (Å²) in [4.78, 5) is 13.7. The Morgan fingerprint density at radius 1 is 1.10 bits per heavy atom. The molecule has 5 heteroatoms. The maximum atomic E-state index is 11.8. The standard InChI is InChI=1S/C16H17NO3.ClH/c18-16(19)15(17-8-10-20-11-9-17)14-7-3-5-12-4-1-2-6-13(12)14;/h1-7,15H,8-11H2,(H,18,19);1H. The van der Waals surface area contributed by atoms with Gasteiger partial charge in [-0.2, -0.15) is 0 Å². The molecule has 0 bridgehead atoms. The van der Waals surface area contributed by atoms with Gasteiger partial charge in [0.15, 0.2) is 0 Å². The summed E-state index contributed by atoms with van der Waals surface area (Å²) in [5.41, 5.74) is 0.859. The third-order valence-electron chi connectivity index (χ3n) is 3.76. The van der Waals surface area contributed by atoms with Crippen LogP contribution in [0.3, 0.4) is 0 Å². The Kier molecular flexibility index (Phi) is 5.17. The first-order valence-corrected chi connectivity index (χ1v) is 6.79. The highest BCUT2D eigenvalue weighted by molar-refractivity contribution is 5.90. The van der Waals surface area contributed by atoms with E-state index >= 15 is 0 Å². The van der Waals surface area contributed by atoms with E-state index in [1.165, 1.54) is 0 Å². The van der Waals surface area contributed by atoms with Crippen molar-refractivity contribution in [3.63, 3.8) is 0 Å². The lowest BCUT2D eigenvalue weighted by molar-refractivity contribution is -0.145. The fraction of sp³-hybridized carbons (Fsp3) is 0.312. The third-order valence-corrected chi connectivity index (χ3v) is 3.76. The number of fused-ring (bicyclic) bond motifs is 1. The molecule has 4 nitrogen and oxygen atoms in total. The number of carboxylic acids is 1. The van der Waals surface area contributed by atoms with Crippen molar-refractivity contribution in [2.45, 2.75) is 6.04 Å². The lowest BCUT2D eigenvalue weighted by Gasteiger charge is -2.32. The summed E-state index contributed by atoms with van der Waals surface area (Å²) in [6.07, 6.45) is 0. The quantitative estimate of drug-likeness (QED) is 0.947. The second-order valence-corrected chi connectivity index (χ2v) is 4.96. The van der Waals surface area contributed by atoms with Crippen LogP contribution in [-0.2, 0) is 9.53 Å². The van der Waals surface area contributed by atoms with Crippen molar-refractivity contribution in [2.75, 3.05) is 26.3 Å². The van der Waals surface area contributed by atoms with Crippen molar-refractivity contribution in [2.24, 2.45) is 0 Å². The number of ether oxygens (including phenoxy) is 1. The minimum atomic E-state index is -0.803. The molecule has 1 atom stereocenters. The number of nitrogens with zero attached hydrogens (tertiary/aromatic N) is 1. The highest BCUT2D eigenvalue weighted by Gasteiger charge is 2.29. The molecule has 1 fully saturated rings. The lowest BCUT2D eigenvalue weighted by atomic mass is 9.97. The van der Waals surface area contributed by atoms with Crippen molar-refractivity contribution in [1.29, 1.82) is 0 Å². The summed E-state index contributed by atoms with van der Waals surface area (Å²) in [6, 6.07) is 13.2. The molecule has 2 aromatic carbocycles. The molecule has 0 saturated carbocycles. The van der Waals surface area contributed by atoms with Gasteiger partial charge in [0.2, 0.25) is 0 Å².